The van der Waals surface area contributed by atoms with Crippen molar-refractivity contribution in [3.63, 3.8) is 0 Å². The molecule has 0 atom stereocenters. The zero-order valence-electron chi connectivity index (χ0n) is 14.7. The van der Waals surface area contributed by atoms with Gasteiger partial charge in [0, 0.05) is 0 Å². The summed E-state index contributed by atoms with van der Waals surface area (Å²) < 4.78 is 0. The molecule has 0 bridgehead atoms. The van der Waals surface area contributed by atoms with Crippen LogP contribution in [-0.4, -0.2) is 0 Å². The summed E-state index contributed by atoms with van der Waals surface area (Å²) in [5.74, 6) is 0. The minimum absolute atomic E-state index is 0. The Morgan fingerprint density at radius 3 is 0.905 bits per heavy atom. The van der Waals surface area contributed by atoms with Gasteiger partial charge < -0.3 is 22.3 Å². The van der Waals surface area contributed by atoms with Crippen LogP contribution in [0, 0.1) is 29.2 Å². The smallest absolute Gasteiger partial charge is 0.358 e. The molecule has 0 N–H and O–H groups in total. The molecule has 1 aromatic rings. The van der Waals surface area contributed by atoms with Crippen LogP contribution in [0.3, 0.4) is 0 Å². The topological polar surface area (TPSA) is 0 Å². The summed E-state index contributed by atoms with van der Waals surface area (Å²) in [7, 11) is 0. The summed E-state index contributed by atoms with van der Waals surface area (Å²) in [6, 6.07) is 9.87. The molecule has 0 spiro atoms. The second-order valence-corrected chi connectivity index (χ2v) is 5.02. The number of hydrogen-bond acceptors (Lipinski definition) is 0. The van der Waals surface area contributed by atoms with Crippen molar-refractivity contribution >= 4 is 0 Å². The van der Waals surface area contributed by atoms with E-state index in [2.05, 4.69) is 6.92 Å². The molecule has 0 aromatic heterocycles. The van der Waals surface area contributed by atoms with Gasteiger partial charge in [0.1, 0.15) is 0 Å². The Balaban J connectivity index is -0.0000000956. The molecule has 2 aliphatic rings. The van der Waals surface area contributed by atoms with Crippen molar-refractivity contribution in [3.05, 3.63) is 65.1 Å². The zero-order valence-corrected chi connectivity index (χ0v) is 17.1. The summed E-state index contributed by atoms with van der Waals surface area (Å²) in [5, 5.41) is 0. The van der Waals surface area contributed by atoms with Crippen LogP contribution in [0.15, 0.2) is 30.3 Å². The number of rotatable bonds is 0. The maximum Gasteiger partial charge on any atom is 4.00 e. The van der Waals surface area contributed by atoms with Crippen molar-refractivity contribution in [1.82, 2.24) is 0 Å². The predicted octanol–water partition coefficient (Wildman–Crippen LogP) is 7.12. The van der Waals surface area contributed by atoms with Crippen LogP contribution in [0.25, 0.3) is 0 Å². The van der Waals surface area contributed by atoms with Crippen LogP contribution in [0.4, 0.5) is 0 Å². The van der Waals surface area contributed by atoms with E-state index in [4.69, 9.17) is 0 Å². The van der Waals surface area contributed by atoms with Crippen molar-refractivity contribution in [2.75, 3.05) is 0 Å². The van der Waals surface area contributed by atoms with E-state index in [1.807, 2.05) is 30.3 Å². The van der Waals surface area contributed by atoms with Crippen molar-refractivity contribution in [2.45, 2.75) is 64.2 Å². The molecule has 0 unspecified atom stereocenters. The SMILES string of the molecule is C1CCCC1.C1CCCC1.[CH2-]c1ccccc1.[CH3-].[CH3-].[CH3-].[Zr+4]. The molecule has 0 nitrogen and oxygen atoms in total. The van der Waals surface area contributed by atoms with Crippen LogP contribution >= 0.6 is 0 Å². The monoisotopic (exact) mass is 366 g/mol. The summed E-state index contributed by atoms with van der Waals surface area (Å²) in [6.07, 6.45) is 15.0. The molecule has 2 fully saturated rings. The Hall–Kier alpha value is -0.0269. The van der Waals surface area contributed by atoms with Crippen LogP contribution in [0.5, 0.6) is 0 Å². The molecule has 0 radical (unpaired) electrons. The first-order valence-electron chi connectivity index (χ1n) is 7.26. The molecule has 1 aromatic carbocycles. The van der Waals surface area contributed by atoms with E-state index in [9.17, 15) is 0 Å². The van der Waals surface area contributed by atoms with Gasteiger partial charge in [0.05, 0.1) is 0 Å². The van der Waals surface area contributed by atoms with Crippen LogP contribution in [-0.2, 0) is 26.2 Å². The van der Waals surface area contributed by atoms with E-state index in [0.717, 1.165) is 5.56 Å². The fourth-order valence-corrected chi connectivity index (χ4v) is 2.25. The van der Waals surface area contributed by atoms with Crippen LogP contribution in [0.1, 0.15) is 69.8 Å². The zero-order chi connectivity index (χ0) is 12.2. The van der Waals surface area contributed by atoms with Crippen molar-refractivity contribution in [2.24, 2.45) is 0 Å². The summed E-state index contributed by atoms with van der Waals surface area (Å²) in [4.78, 5) is 0. The Morgan fingerprint density at radius 1 is 0.524 bits per heavy atom. The molecular weight excluding hydrogens is 331 g/mol. The number of hydrogen-bond donors (Lipinski definition) is 0. The van der Waals surface area contributed by atoms with E-state index in [1.54, 1.807) is 0 Å². The molecule has 0 saturated heterocycles. The second-order valence-electron chi connectivity index (χ2n) is 5.02. The predicted molar refractivity (Wildman–Crippen MR) is 96.3 cm³/mol. The molecule has 120 valence electrons. The first-order chi connectivity index (χ1) is 8.39. The van der Waals surface area contributed by atoms with Gasteiger partial charge in [-0.25, -0.2) is 0 Å². The van der Waals surface area contributed by atoms with E-state index in [0.29, 0.717) is 0 Å². The van der Waals surface area contributed by atoms with Gasteiger partial charge in [0.2, 0.25) is 0 Å². The van der Waals surface area contributed by atoms with E-state index in [1.165, 1.54) is 64.2 Å². The molecule has 0 heterocycles. The third-order valence-electron chi connectivity index (χ3n) is 3.34. The Labute approximate surface area is 155 Å². The minimum atomic E-state index is 0. The van der Waals surface area contributed by atoms with Gasteiger partial charge in [0.15, 0.2) is 0 Å². The van der Waals surface area contributed by atoms with Crippen molar-refractivity contribution in [1.29, 1.82) is 0 Å². The van der Waals surface area contributed by atoms with Crippen LogP contribution < -0.4 is 0 Å². The fraction of sp³-hybridized carbons (Fsp3) is 0.500. The molecule has 2 aliphatic carbocycles. The standard InChI is InChI=1S/C7H7.2C5H10.3CH3.Zr/c1-7-5-3-2-4-6-7;2*1-2-4-5-3-1;;;;/h2-6H,1H2;2*1-5H2;3*1H3;/q-1;;;3*-1;+4. The molecular formula is C20H36Zr. The van der Waals surface area contributed by atoms with Crippen LogP contribution in [0.2, 0.25) is 0 Å². The normalized spacial score (nSPS) is 14.3. The second kappa shape index (κ2) is 22.3. The molecule has 21 heavy (non-hydrogen) atoms. The molecule has 0 aliphatic heterocycles. The average molecular weight is 368 g/mol. The van der Waals surface area contributed by atoms with E-state index >= 15 is 0 Å². The molecule has 1 heteroatoms. The van der Waals surface area contributed by atoms with E-state index in [-0.39, 0.29) is 48.5 Å². The van der Waals surface area contributed by atoms with Gasteiger partial charge in [0.25, 0.3) is 0 Å². The van der Waals surface area contributed by atoms with Crippen molar-refractivity contribution in [3.8, 4) is 0 Å². The Kier molecular flexibility index (Phi) is 30.8. The minimum Gasteiger partial charge on any atom is -0.358 e. The fourth-order valence-electron chi connectivity index (χ4n) is 2.25. The molecule has 2 saturated carbocycles. The van der Waals surface area contributed by atoms with Gasteiger partial charge in [-0.1, -0.05) is 70.3 Å². The maximum absolute atomic E-state index is 3.72. The summed E-state index contributed by atoms with van der Waals surface area (Å²) in [6.45, 7) is 3.72. The molecule has 3 rings (SSSR count). The third-order valence-corrected chi connectivity index (χ3v) is 3.34. The Bertz CT molecular complexity index is 223. The first-order valence-corrected chi connectivity index (χ1v) is 7.26. The summed E-state index contributed by atoms with van der Waals surface area (Å²) >= 11 is 0. The van der Waals surface area contributed by atoms with E-state index < -0.39 is 0 Å². The molecule has 0 amide bonds. The Morgan fingerprint density at radius 2 is 0.762 bits per heavy atom. The quantitative estimate of drug-likeness (QED) is 0.428. The van der Waals surface area contributed by atoms with Gasteiger partial charge >= 0.3 is 26.2 Å². The number of benzene rings is 1. The van der Waals surface area contributed by atoms with Gasteiger partial charge in [-0.15, -0.1) is 12.1 Å². The van der Waals surface area contributed by atoms with Crippen molar-refractivity contribution < 1.29 is 26.2 Å². The summed E-state index contributed by atoms with van der Waals surface area (Å²) in [5.41, 5.74) is 1.07. The maximum atomic E-state index is 3.72. The average Bonchev–Trinajstić information content (AvgIpc) is 3.09. The third kappa shape index (κ3) is 20.0. The van der Waals surface area contributed by atoms with Gasteiger partial charge in [-0.2, -0.15) is 24.6 Å². The largest absolute Gasteiger partial charge is 4.00 e. The van der Waals surface area contributed by atoms with Gasteiger partial charge in [-0.05, 0) is 0 Å². The first kappa shape index (κ1) is 29.0. The van der Waals surface area contributed by atoms with Gasteiger partial charge in [-0.3, -0.25) is 0 Å².